The molecule has 0 fully saturated rings. The summed E-state index contributed by atoms with van der Waals surface area (Å²) in [4.78, 5) is 12.1. The normalized spacial score (nSPS) is 10.7. The number of amides is 1. The van der Waals surface area contributed by atoms with Crippen molar-refractivity contribution in [3.63, 3.8) is 0 Å². The SMILES string of the molecule is CCNCc1ccccc1NC(=O)C(CC)CC. The van der Waals surface area contributed by atoms with Crippen LogP contribution in [0.4, 0.5) is 5.69 Å². The second-order valence-corrected chi connectivity index (χ2v) is 4.44. The van der Waals surface area contributed by atoms with Crippen LogP contribution < -0.4 is 10.6 Å². The summed E-state index contributed by atoms with van der Waals surface area (Å²) in [5.74, 6) is 0.237. The first-order valence-electron chi connectivity index (χ1n) is 6.82. The Morgan fingerprint density at radius 2 is 1.83 bits per heavy atom. The van der Waals surface area contributed by atoms with Gasteiger partial charge in [-0.25, -0.2) is 0 Å². The van der Waals surface area contributed by atoms with Gasteiger partial charge in [-0.3, -0.25) is 4.79 Å². The second kappa shape index (κ2) is 7.88. The van der Waals surface area contributed by atoms with Crippen LogP contribution in [0, 0.1) is 5.92 Å². The van der Waals surface area contributed by atoms with Crippen LogP contribution in [0.2, 0.25) is 0 Å². The van der Waals surface area contributed by atoms with Crippen LogP contribution in [0.15, 0.2) is 24.3 Å². The van der Waals surface area contributed by atoms with E-state index in [1.54, 1.807) is 0 Å². The number of carbonyl (C=O) groups excluding carboxylic acids is 1. The fourth-order valence-electron chi connectivity index (χ4n) is 1.95. The Kier molecular flexibility index (Phi) is 6.44. The third-order valence-corrected chi connectivity index (χ3v) is 3.20. The molecule has 0 heterocycles. The van der Waals surface area contributed by atoms with Crippen molar-refractivity contribution in [2.45, 2.75) is 40.2 Å². The van der Waals surface area contributed by atoms with Crippen molar-refractivity contribution in [3.05, 3.63) is 29.8 Å². The summed E-state index contributed by atoms with van der Waals surface area (Å²) in [5, 5.41) is 6.33. The van der Waals surface area contributed by atoms with Crippen molar-refractivity contribution in [1.82, 2.24) is 5.32 Å². The van der Waals surface area contributed by atoms with E-state index >= 15 is 0 Å². The van der Waals surface area contributed by atoms with E-state index in [-0.39, 0.29) is 11.8 Å². The quantitative estimate of drug-likeness (QED) is 0.778. The number of hydrogen-bond donors (Lipinski definition) is 2. The van der Waals surface area contributed by atoms with Crippen LogP contribution in [0.25, 0.3) is 0 Å². The minimum Gasteiger partial charge on any atom is -0.326 e. The van der Waals surface area contributed by atoms with Crippen molar-refractivity contribution in [2.75, 3.05) is 11.9 Å². The maximum atomic E-state index is 12.1. The fourth-order valence-corrected chi connectivity index (χ4v) is 1.95. The molecule has 0 atom stereocenters. The molecule has 0 saturated heterocycles. The Morgan fingerprint density at radius 3 is 2.44 bits per heavy atom. The van der Waals surface area contributed by atoms with Gasteiger partial charge < -0.3 is 10.6 Å². The van der Waals surface area contributed by atoms with Crippen molar-refractivity contribution < 1.29 is 4.79 Å². The highest BCUT2D eigenvalue weighted by atomic mass is 16.1. The fraction of sp³-hybridized carbons (Fsp3) is 0.533. The summed E-state index contributed by atoms with van der Waals surface area (Å²) in [5.41, 5.74) is 2.06. The average molecular weight is 248 g/mol. The molecule has 0 aliphatic heterocycles. The largest absolute Gasteiger partial charge is 0.326 e. The maximum Gasteiger partial charge on any atom is 0.227 e. The van der Waals surface area contributed by atoms with Gasteiger partial charge in [-0.05, 0) is 31.0 Å². The lowest BCUT2D eigenvalue weighted by molar-refractivity contribution is -0.120. The van der Waals surface area contributed by atoms with Crippen LogP contribution in [-0.2, 0) is 11.3 Å². The third kappa shape index (κ3) is 4.15. The zero-order chi connectivity index (χ0) is 13.4. The lowest BCUT2D eigenvalue weighted by Gasteiger charge is -2.15. The molecule has 1 aromatic carbocycles. The number of rotatable bonds is 7. The highest BCUT2D eigenvalue weighted by molar-refractivity contribution is 5.93. The van der Waals surface area contributed by atoms with Crippen LogP contribution in [0.3, 0.4) is 0 Å². The molecular formula is C15H24N2O. The molecule has 3 heteroatoms. The standard InChI is InChI=1S/C15H24N2O/c1-4-12(5-2)15(18)17-14-10-8-7-9-13(14)11-16-6-3/h7-10,12,16H,4-6,11H2,1-3H3,(H,17,18). The van der Waals surface area contributed by atoms with Gasteiger partial charge in [-0.1, -0.05) is 39.0 Å². The van der Waals surface area contributed by atoms with Gasteiger partial charge in [0.15, 0.2) is 0 Å². The third-order valence-electron chi connectivity index (χ3n) is 3.20. The minimum atomic E-state index is 0.109. The summed E-state index contributed by atoms with van der Waals surface area (Å²) < 4.78 is 0. The van der Waals surface area contributed by atoms with Gasteiger partial charge >= 0.3 is 0 Å². The Labute approximate surface area is 110 Å². The highest BCUT2D eigenvalue weighted by Crippen LogP contribution is 2.17. The molecule has 100 valence electrons. The zero-order valence-corrected chi connectivity index (χ0v) is 11.6. The Morgan fingerprint density at radius 1 is 1.17 bits per heavy atom. The number of hydrogen-bond acceptors (Lipinski definition) is 2. The van der Waals surface area contributed by atoms with E-state index < -0.39 is 0 Å². The molecule has 0 unspecified atom stereocenters. The lowest BCUT2D eigenvalue weighted by Crippen LogP contribution is -2.23. The van der Waals surface area contributed by atoms with E-state index in [0.29, 0.717) is 0 Å². The van der Waals surface area contributed by atoms with Gasteiger partial charge in [0.05, 0.1) is 0 Å². The number of benzene rings is 1. The van der Waals surface area contributed by atoms with Crippen LogP contribution in [0.1, 0.15) is 39.2 Å². The zero-order valence-electron chi connectivity index (χ0n) is 11.6. The Bertz CT molecular complexity index is 373. The summed E-state index contributed by atoms with van der Waals surface area (Å²) in [6.45, 7) is 7.90. The van der Waals surface area contributed by atoms with Crippen molar-refractivity contribution in [3.8, 4) is 0 Å². The summed E-state index contributed by atoms with van der Waals surface area (Å²) in [6.07, 6.45) is 1.77. The predicted octanol–water partition coefficient (Wildman–Crippen LogP) is 3.17. The number of carbonyl (C=O) groups is 1. The molecule has 0 aromatic heterocycles. The first-order chi connectivity index (χ1) is 8.72. The van der Waals surface area contributed by atoms with Gasteiger partial charge in [-0.2, -0.15) is 0 Å². The molecule has 0 aliphatic carbocycles. The van der Waals surface area contributed by atoms with Gasteiger partial charge in [0.2, 0.25) is 5.91 Å². The van der Waals surface area contributed by atoms with E-state index in [1.807, 2.05) is 24.3 Å². The monoisotopic (exact) mass is 248 g/mol. The summed E-state index contributed by atoms with van der Waals surface area (Å²) >= 11 is 0. The van der Waals surface area contributed by atoms with E-state index in [0.717, 1.165) is 37.2 Å². The Hall–Kier alpha value is -1.35. The Balaban J connectivity index is 2.73. The van der Waals surface area contributed by atoms with E-state index in [9.17, 15) is 4.79 Å². The topological polar surface area (TPSA) is 41.1 Å². The van der Waals surface area contributed by atoms with Crippen LogP contribution >= 0.6 is 0 Å². The van der Waals surface area contributed by atoms with Gasteiger partial charge in [0.1, 0.15) is 0 Å². The first-order valence-corrected chi connectivity index (χ1v) is 6.82. The molecule has 3 nitrogen and oxygen atoms in total. The maximum absolute atomic E-state index is 12.1. The first kappa shape index (κ1) is 14.7. The minimum absolute atomic E-state index is 0.109. The van der Waals surface area contributed by atoms with Crippen LogP contribution in [-0.4, -0.2) is 12.5 Å². The second-order valence-electron chi connectivity index (χ2n) is 4.44. The van der Waals surface area contributed by atoms with Gasteiger partial charge in [0.25, 0.3) is 0 Å². The molecule has 18 heavy (non-hydrogen) atoms. The molecule has 0 bridgehead atoms. The molecule has 1 amide bonds. The molecule has 1 aromatic rings. The van der Waals surface area contributed by atoms with Gasteiger partial charge in [0, 0.05) is 18.2 Å². The number of para-hydroxylation sites is 1. The summed E-state index contributed by atoms with van der Waals surface area (Å²) in [6, 6.07) is 7.97. The molecule has 0 saturated carbocycles. The molecule has 1 rings (SSSR count). The lowest BCUT2D eigenvalue weighted by atomic mass is 10.0. The average Bonchev–Trinajstić information content (AvgIpc) is 2.39. The molecule has 2 N–H and O–H groups in total. The molecule has 0 aliphatic rings. The van der Waals surface area contributed by atoms with Crippen molar-refractivity contribution in [2.24, 2.45) is 5.92 Å². The number of anilines is 1. The van der Waals surface area contributed by atoms with E-state index in [4.69, 9.17) is 0 Å². The van der Waals surface area contributed by atoms with Gasteiger partial charge in [-0.15, -0.1) is 0 Å². The van der Waals surface area contributed by atoms with Crippen molar-refractivity contribution in [1.29, 1.82) is 0 Å². The van der Waals surface area contributed by atoms with Crippen LogP contribution in [0.5, 0.6) is 0 Å². The molecule has 0 radical (unpaired) electrons. The van der Waals surface area contributed by atoms with E-state index in [1.165, 1.54) is 0 Å². The predicted molar refractivity (Wildman–Crippen MR) is 76.5 cm³/mol. The summed E-state index contributed by atoms with van der Waals surface area (Å²) in [7, 11) is 0. The number of nitrogens with one attached hydrogen (secondary N) is 2. The smallest absolute Gasteiger partial charge is 0.227 e. The van der Waals surface area contributed by atoms with E-state index in [2.05, 4.69) is 31.4 Å². The molecule has 0 spiro atoms. The molecular weight excluding hydrogens is 224 g/mol. The highest BCUT2D eigenvalue weighted by Gasteiger charge is 2.15. The van der Waals surface area contributed by atoms with Crippen molar-refractivity contribution >= 4 is 11.6 Å².